The van der Waals surface area contributed by atoms with Gasteiger partial charge in [0.1, 0.15) is 0 Å². The Morgan fingerprint density at radius 3 is 2.43 bits per heavy atom. The van der Waals surface area contributed by atoms with Crippen molar-refractivity contribution in [2.45, 2.75) is 49.2 Å². The quantitative estimate of drug-likeness (QED) is 0.569. The molecule has 0 radical (unpaired) electrons. The number of carbonyl (C=O) groups is 2. The molecule has 0 aromatic heterocycles. The minimum absolute atomic E-state index is 0.0797. The summed E-state index contributed by atoms with van der Waals surface area (Å²) >= 11 is 7.33. The van der Waals surface area contributed by atoms with Crippen molar-refractivity contribution in [3.8, 4) is 0 Å². The summed E-state index contributed by atoms with van der Waals surface area (Å²) in [6, 6.07) is 14.7. The van der Waals surface area contributed by atoms with Crippen molar-refractivity contribution in [3.05, 3.63) is 53.6 Å². The van der Waals surface area contributed by atoms with Crippen LogP contribution in [0.15, 0.2) is 53.4 Å². The van der Waals surface area contributed by atoms with Crippen molar-refractivity contribution in [3.63, 3.8) is 0 Å². The first kappa shape index (κ1) is 20.7. The maximum Gasteiger partial charge on any atom is 0.237 e. The standard InChI is InChI=1S/C22H25ClN2O2S/c1-15(21(26)24-18-12-10-17(23)11-13-18)28-20-9-5-8-19(14-20)25-22(27)16-6-3-2-4-7-16/h5,8-16H,2-4,6-7H2,1H3,(H,24,26)(H,25,27). The second kappa shape index (κ2) is 9.99. The molecule has 6 heteroatoms. The van der Waals surface area contributed by atoms with Crippen molar-refractivity contribution in [2.24, 2.45) is 5.92 Å². The minimum Gasteiger partial charge on any atom is -0.326 e. The Morgan fingerprint density at radius 1 is 1.00 bits per heavy atom. The number of benzene rings is 2. The van der Waals surface area contributed by atoms with Crippen LogP contribution >= 0.6 is 23.4 Å². The van der Waals surface area contributed by atoms with Gasteiger partial charge in [-0.15, -0.1) is 11.8 Å². The number of anilines is 2. The zero-order valence-electron chi connectivity index (χ0n) is 15.9. The number of halogens is 1. The summed E-state index contributed by atoms with van der Waals surface area (Å²) in [5, 5.41) is 6.28. The minimum atomic E-state index is -0.278. The third-order valence-corrected chi connectivity index (χ3v) is 6.22. The Balaban J connectivity index is 1.56. The van der Waals surface area contributed by atoms with Gasteiger partial charge in [-0.1, -0.05) is 36.9 Å². The van der Waals surface area contributed by atoms with E-state index in [0.717, 1.165) is 42.0 Å². The van der Waals surface area contributed by atoms with E-state index in [-0.39, 0.29) is 23.0 Å². The van der Waals surface area contributed by atoms with E-state index < -0.39 is 0 Å². The van der Waals surface area contributed by atoms with Crippen molar-refractivity contribution >= 4 is 46.6 Å². The van der Waals surface area contributed by atoms with Crippen LogP contribution in [0, 0.1) is 5.92 Å². The Kier molecular flexibility index (Phi) is 7.40. The largest absolute Gasteiger partial charge is 0.326 e. The highest BCUT2D eigenvalue weighted by molar-refractivity contribution is 8.00. The Morgan fingerprint density at radius 2 is 1.71 bits per heavy atom. The second-order valence-corrected chi connectivity index (χ2v) is 8.96. The van der Waals surface area contributed by atoms with Gasteiger partial charge in [0.25, 0.3) is 0 Å². The van der Waals surface area contributed by atoms with Gasteiger partial charge in [-0.3, -0.25) is 9.59 Å². The Hall–Kier alpha value is -1.98. The van der Waals surface area contributed by atoms with E-state index in [0.29, 0.717) is 5.02 Å². The van der Waals surface area contributed by atoms with Crippen molar-refractivity contribution in [1.29, 1.82) is 0 Å². The SMILES string of the molecule is CC(Sc1cccc(NC(=O)C2CCCCC2)c1)C(=O)Nc1ccc(Cl)cc1. The molecule has 1 aliphatic rings. The number of hydrogen-bond donors (Lipinski definition) is 2. The van der Waals surface area contributed by atoms with Crippen LogP contribution in [0.3, 0.4) is 0 Å². The number of thioether (sulfide) groups is 1. The number of nitrogens with one attached hydrogen (secondary N) is 2. The molecule has 0 spiro atoms. The lowest BCUT2D eigenvalue weighted by Gasteiger charge is -2.21. The number of hydrogen-bond acceptors (Lipinski definition) is 3. The van der Waals surface area contributed by atoms with E-state index in [9.17, 15) is 9.59 Å². The van der Waals surface area contributed by atoms with Crippen LogP contribution in [0.4, 0.5) is 11.4 Å². The molecule has 0 bridgehead atoms. The van der Waals surface area contributed by atoms with Crippen LogP contribution in [0.25, 0.3) is 0 Å². The van der Waals surface area contributed by atoms with E-state index in [1.807, 2.05) is 31.2 Å². The molecule has 2 aromatic carbocycles. The molecule has 4 nitrogen and oxygen atoms in total. The molecule has 0 saturated heterocycles. The topological polar surface area (TPSA) is 58.2 Å². The zero-order valence-corrected chi connectivity index (χ0v) is 17.5. The first-order chi connectivity index (χ1) is 13.5. The van der Waals surface area contributed by atoms with Gasteiger partial charge in [-0.2, -0.15) is 0 Å². The first-order valence-corrected chi connectivity index (χ1v) is 10.9. The zero-order chi connectivity index (χ0) is 19.9. The number of carbonyl (C=O) groups excluding carboxylic acids is 2. The van der Waals surface area contributed by atoms with Crippen LogP contribution in [-0.4, -0.2) is 17.1 Å². The summed E-state index contributed by atoms with van der Waals surface area (Å²) in [6.45, 7) is 1.86. The van der Waals surface area contributed by atoms with Crippen LogP contribution in [0.5, 0.6) is 0 Å². The molecule has 2 amide bonds. The molecule has 2 N–H and O–H groups in total. The molecular weight excluding hydrogens is 392 g/mol. The molecule has 1 fully saturated rings. The smallest absolute Gasteiger partial charge is 0.237 e. The van der Waals surface area contributed by atoms with Gasteiger partial charge in [-0.05, 0) is 62.2 Å². The summed E-state index contributed by atoms with van der Waals surface area (Å²) in [7, 11) is 0. The molecule has 3 rings (SSSR count). The predicted octanol–water partition coefficient (Wildman–Crippen LogP) is 5.98. The Labute approximate surface area is 175 Å². The van der Waals surface area contributed by atoms with Crippen molar-refractivity contribution in [1.82, 2.24) is 0 Å². The predicted molar refractivity (Wildman–Crippen MR) is 117 cm³/mol. The van der Waals surface area contributed by atoms with E-state index in [1.165, 1.54) is 18.2 Å². The summed E-state index contributed by atoms with van der Waals surface area (Å²) in [4.78, 5) is 25.8. The molecule has 1 saturated carbocycles. The van der Waals surface area contributed by atoms with Gasteiger partial charge in [0.15, 0.2) is 0 Å². The van der Waals surface area contributed by atoms with Gasteiger partial charge in [0.2, 0.25) is 11.8 Å². The highest BCUT2D eigenvalue weighted by atomic mass is 35.5. The molecular formula is C22H25ClN2O2S. The molecule has 148 valence electrons. The Bertz CT molecular complexity index is 820. The maximum atomic E-state index is 12.4. The van der Waals surface area contributed by atoms with Crippen LogP contribution in [0.1, 0.15) is 39.0 Å². The lowest BCUT2D eigenvalue weighted by atomic mass is 9.88. The summed E-state index contributed by atoms with van der Waals surface area (Å²) in [5.74, 6) is 0.147. The summed E-state index contributed by atoms with van der Waals surface area (Å²) < 4.78 is 0. The monoisotopic (exact) mass is 416 g/mol. The molecule has 1 aliphatic carbocycles. The first-order valence-electron chi connectivity index (χ1n) is 9.65. The number of amides is 2. The molecule has 1 unspecified atom stereocenters. The molecule has 28 heavy (non-hydrogen) atoms. The van der Waals surface area contributed by atoms with Crippen LogP contribution in [0.2, 0.25) is 5.02 Å². The van der Waals surface area contributed by atoms with Crippen molar-refractivity contribution < 1.29 is 9.59 Å². The molecule has 1 atom stereocenters. The third kappa shape index (κ3) is 6.01. The normalized spacial score (nSPS) is 15.6. The second-order valence-electron chi connectivity index (χ2n) is 7.11. The van der Waals surface area contributed by atoms with Gasteiger partial charge in [0, 0.05) is 27.2 Å². The molecule has 0 aliphatic heterocycles. The maximum absolute atomic E-state index is 12.4. The van der Waals surface area contributed by atoms with E-state index in [1.54, 1.807) is 24.3 Å². The lowest BCUT2D eigenvalue weighted by Crippen LogP contribution is -2.24. The fourth-order valence-electron chi connectivity index (χ4n) is 3.29. The van der Waals surface area contributed by atoms with Crippen LogP contribution in [-0.2, 0) is 9.59 Å². The van der Waals surface area contributed by atoms with Crippen LogP contribution < -0.4 is 10.6 Å². The van der Waals surface area contributed by atoms with E-state index >= 15 is 0 Å². The van der Waals surface area contributed by atoms with Gasteiger partial charge in [0.05, 0.1) is 5.25 Å². The summed E-state index contributed by atoms with van der Waals surface area (Å²) in [5.41, 5.74) is 1.50. The fourth-order valence-corrected chi connectivity index (χ4v) is 4.34. The number of rotatable bonds is 6. The lowest BCUT2D eigenvalue weighted by molar-refractivity contribution is -0.120. The van der Waals surface area contributed by atoms with Gasteiger partial charge < -0.3 is 10.6 Å². The molecule has 0 heterocycles. The third-order valence-electron chi connectivity index (χ3n) is 4.87. The molecule has 2 aromatic rings. The fraction of sp³-hybridized carbons (Fsp3) is 0.364. The summed E-state index contributed by atoms with van der Waals surface area (Å²) in [6.07, 6.45) is 5.44. The van der Waals surface area contributed by atoms with E-state index in [4.69, 9.17) is 11.6 Å². The average molecular weight is 417 g/mol. The van der Waals surface area contributed by atoms with Crippen molar-refractivity contribution in [2.75, 3.05) is 10.6 Å². The average Bonchev–Trinajstić information content (AvgIpc) is 2.70. The van der Waals surface area contributed by atoms with Gasteiger partial charge >= 0.3 is 0 Å². The van der Waals surface area contributed by atoms with E-state index in [2.05, 4.69) is 10.6 Å². The highest BCUT2D eigenvalue weighted by Gasteiger charge is 2.21. The van der Waals surface area contributed by atoms with Gasteiger partial charge in [-0.25, -0.2) is 0 Å². The highest BCUT2D eigenvalue weighted by Crippen LogP contribution is 2.28.